The minimum absolute atomic E-state index is 0.0542. The van der Waals surface area contributed by atoms with Crippen molar-refractivity contribution in [3.05, 3.63) is 58.7 Å². The average Bonchev–Trinajstić information content (AvgIpc) is 2.78. The molecule has 0 saturated carbocycles. The molecule has 1 aliphatic rings. The summed E-state index contributed by atoms with van der Waals surface area (Å²) in [5.74, 6) is -1.38. The van der Waals surface area contributed by atoms with Gasteiger partial charge in [-0.25, -0.2) is 4.79 Å². The number of likely N-dealkylation sites (N-methyl/N-ethyl adjacent to an activating group) is 1. The summed E-state index contributed by atoms with van der Waals surface area (Å²) in [6, 6.07) is 10.8. The lowest BCUT2D eigenvalue weighted by atomic mass is 9.87. The number of carbonyl (C=O) groups is 3. The van der Waals surface area contributed by atoms with Crippen LogP contribution in [-0.2, 0) is 25.5 Å². The Morgan fingerprint density at radius 2 is 1.72 bits per heavy atom. The van der Waals surface area contributed by atoms with Crippen molar-refractivity contribution >= 4 is 17.7 Å². The van der Waals surface area contributed by atoms with Crippen molar-refractivity contribution in [3.63, 3.8) is 0 Å². The van der Waals surface area contributed by atoms with Gasteiger partial charge in [0.25, 0.3) is 0 Å². The number of esters is 1. The summed E-state index contributed by atoms with van der Waals surface area (Å²) in [4.78, 5) is 38.7. The second-order valence-corrected chi connectivity index (χ2v) is 8.51. The lowest BCUT2D eigenvalue weighted by Crippen LogP contribution is -2.46. The first-order valence-corrected chi connectivity index (χ1v) is 11.1. The van der Waals surface area contributed by atoms with Crippen molar-refractivity contribution < 1.29 is 19.1 Å². The van der Waals surface area contributed by atoms with E-state index in [1.165, 1.54) is 7.11 Å². The molecule has 0 spiro atoms. The summed E-state index contributed by atoms with van der Waals surface area (Å²) in [5, 5.41) is 5.96. The van der Waals surface area contributed by atoms with Gasteiger partial charge in [-0.1, -0.05) is 37.3 Å². The van der Waals surface area contributed by atoms with Gasteiger partial charge in [0.05, 0.1) is 13.2 Å². The number of carbonyl (C=O) groups excluding carboxylic acids is 3. The fourth-order valence-electron chi connectivity index (χ4n) is 4.35. The first-order valence-electron chi connectivity index (χ1n) is 11.1. The molecule has 0 radical (unpaired) electrons. The van der Waals surface area contributed by atoms with E-state index in [1.54, 1.807) is 7.05 Å². The van der Waals surface area contributed by atoms with Gasteiger partial charge in [-0.2, -0.15) is 0 Å². The number of benzene rings is 2. The fraction of sp³-hybridized carbons (Fsp3) is 0.423. The number of methoxy groups -OCH3 is 1. The number of aryl methyl sites for hydroxylation is 2. The number of ether oxygens (including phenoxy) is 1. The van der Waals surface area contributed by atoms with Crippen LogP contribution in [-0.4, -0.2) is 37.9 Å². The third-order valence-electron chi connectivity index (χ3n) is 6.35. The number of fused-ring (bicyclic) bond motifs is 5. The molecule has 0 fully saturated rings. The highest BCUT2D eigenvalue weighted by Crippen LogP contribution is 2.32. The quantitative estimate of drug-likeness (QED) is 0.720. The Hall–Kier alpha value is -2.99. The van der Waals surface area contributed by atoms with E-state index in [2.05, 4.69) is 29.7 Å². The molecule has 4 bridgehead atoms. The van der Waals surface area contributed by atoms with Gasteiger partial charge in [0.15, 0.2) is 5.78 Å². The number of nitrogens with one attached hydrogen (secondary N) is 2. The van der Waals surface area contributed by atoms with Crippen LogP contribution in [0.3, 0.4) is 0 Å². The Morgan fingerprint density at radius 3 is 2.34 bits per heavy atom. The third kappa shape index (κ3) is 4.91. The van der Waals surface area contributed by atoms with Gasteiger partial charge < -0.3 is 15.4 Å². The Kier molecular flexibility index (Phi) is 7.46. The maximum Gasteiger partial charge on any atom is 0.328 e. The van der Waals surface area contributed by atoms with Crippen LogP contribution >= 0.6 is 0 Å². The summed E-state index contributed by atoms with van der Waals surface area (Å²) >= 11 is 0. The molecule has 0 aliphatic carbocycles. The van der Waals surface area contributed by atoms with Gasteiger partial charge in [-0.05, 0) is 66.8 Å². The van der Waals surface area contributed by atoms with Crippen molar-refractivity contribution in [2.24, 2.45) is 5.92 Å². The van der Waals surface area contributed by atoms with E-state index >= 15 is 0 Å². The highest BCUT2D eigenvalue weighted by Gasteiger charge is 2.30. The molecule has 3 rings (SSSR count). The monoisotopic (exact) mass is 436 g/mol. The van der Waals surface area contributed by atoms with Crippen LogP contribution in [0.1, 0.15) is 48.1 Å². The third-order valence-corrected chi connectivity index (χ3v) is 6.35. The molecule has 2 aromatic carbocycles. The summed E-state index contributed by atoms with van der Waals surface area (Å²) in [6.07, 6.45) is 0.902. The number of amides is 1. The van der Waals surface area contributed by atoms with Gasteiger partial charge >= 0.3 is 5.97 Å². The van der Waals surface area contributed by atoms with Crippen LogP contribution < -0.4 is 10.6 Å². The Balaban J connectivity index is 2.19. The topological polar surface area (TPSA) is 84.5 Å². The molecule has 1 aliphatic heterocycles. The number of hydrogen-bond acceptors (Lipinski definition) is 5. The first kappa shape index (κ1) is 23.7. The van der Waals surface area contributed by atoms with Crippen LogP contribution in [0.2, 0.25) is 0 Å². The second kappa shape index (κ2) is 10.1. The fourth-order valence-corrected chi connectivity index (χ4v) is 4.35. The molecule has 2 aromatic rings. The Labute approximate surface area is 189 Å². The number of ketones is 1. The Bertz CT molecular complexity index is 1030. The van der Waals surface area contributed by atoms with Crippen LogP contribution in [0.25, 0.3) is 11.1 Å². The smallest absolute Gasteiger partial charge is 0.328 e. The largest absolute Gasteiger partial charge is 0.467 e. The Morgan fingerprint density at radius 1 is 1.06 bits per heavy atom. The zero-order valence-corrected chi connectivity index (χ0v) is 19.5. The number of Topliss-reactive ketones (excluding diaryl/α,β-unsaturated/α-hetero) is 1. The van der Waals surface area contributed by atoms with Gasteiger partial charge in [0.1, 0.15) is 6.04 Å². The van der Waals surface area contributed by atoms with Gasteiger partial charge in [0, 0.05) is 18.8 Å². The van der Waals surface area contributed by atoms with Crippen LogP contribution in [0.4, 0.5) is 0 Å². The van der Waals surface area contributed by atoms with E-state index in [-0.39, 0.29) is 18.1 Å². The summed E-state index contributed by atoms with van der Waals surface area (Å²) in [7, 11) is 3.07. The molecular weight excluding hydrogens is 404 g/mol. The van der Waals surface area contributed by atoms with E-state index in [0.29, 0.717) is 12.8 Å². The SMILES string of the molecule is CC[C@@H]1CC(=O)[C@@H](NC)c2ccc(C)c(c2)-c2cc(ccc2C)C[C@@H](C(=O)OC)NC1=O. The summed E-state index contributed by atoms with van der Waals surface area (Å²) in [6.45, 7) is 5.97. The molecular formula is C26H32N2O4. The van der Waals surface area contributed by atoms with E-state index < -0.39 is 24.0 Å². The zero-order chi connectivity index (χ0) is 23.4. The van der Waals surface area contributed by atoms with Crippen molar-refractivity contribution in [2.45, 2.75) is 52.1 Å². The van der Waals surface area contributed by atoms with Crippen molar-refractivity contribution in [3.8, 4) is 11.1 Å². The van der Waals surface area contributed by atoms with Crippen molar-refractivity contribution in [1.29, 1.82) is 0 Å². The molecule has 6 heteroatoms. The standard InChI is InChI=1S/C26H32N2O4/c1-6-18-14-23(29)24(27-4)19-10-8-16(3)21(13-19)20-11-17(9-7-15(20)2)12-22(26(31)32-5)28-25(18)30/h7-11,13,18,22,24,27H,6,12,14H2,1-5H3,(H,28,30)/t18-,22+,24+/m1/s1. The highest BCUT2D eigenvalue weighted by atomic mass is 16.5. The molecule has 0 unspecified atom stereocenters. The lowest BCUT2D eigenvalue weighted by molar-refractivity contribution is -0.145. The molecule has 3 atom stereocenters. The average molecular weight is 437 g/mol. The van der Waals surface area contributed by atoms with E-state index in [4.69, 9.17) is 4.74 Å². The van der Waals surface area contributed by atoms with Crippen LogP contribution in [0.5, 0.6) is 0 Å². The van der Waals surface area contributed by atoms with Crippen LogP contribution in [0.15, 0.2) is 36.4 Å². The van der Waals surface area contributed by atoms with Crippen LogP contribution in [0, 0.1) is 19.8 Å². The lowest BCUT2D eigenvalue weighted by Gasteiger charge is -2.24. The van der Waals surface area contributed by atoms with Gasteiger partial charge in [-0.15, -0.1) is 0 Å². The van der Waals surface area contributed by atoms with Gasteiger partial charge in [-0.3, -0.25) is 9.59 Å². The molecule has 0 saturated heterocycles. The predicted octanol–water partition coefficient (Wildman–Crippen LogP) is 3.43. The summed E-state index contributed by atoms with van der Waals surface area (Å²) < 4.78 is 4.95. The molecule has 2 N–H and O–H groups in total. The molecule has 32 heavy (non-hydrogen) atoms. The predicted molar refractivity (Wildman–Crippen MR) is 124 cm³/mol. The summed E-state index contributed by atoms with van der Waals surface area (Å²) in [5.41, 5.74) is 6.10. The number of hydrogen-bond donors (Lipinski definition) is 2. The maximum absolute atomic E-state index is 13.2. The molecule has 1 heterocycles. The maximum atomic E-state index is 13.2. The highest BCUT2D eigenvalue weighted by molar-refractivity contribution is 5.92. The zero-order valence-electron chi connectivity index (χ0n) is 19.5. The van der Waals surface area contributed by atoms with E-state index in [9.17, 15) is 14.4 Å². The molecule has 170 valence electrons. The first-order chi connectivity index (χ1) is 15.3. The minimum Gasteiger partial charge on any atom is -0.467 e. The molecule has 1 amide bonds. The normalized spacial score (nSPS) is 21.5. The van der Waals surface area contributed by atoms with Gasteiger partial charge in [0.2, 0.25) is 5.91 Å². The number of rotatable bonds is 3. The second-order valence-electron chi connectivity index (χ2n) is 8.51. The van der Waals surface area contributed by atoms with Crippen molar-refractivity contribution in [1.82, 2.24) is 10.6 Å². The molecule has 0 aromatic heterocycles. The molecule has 6 nitrogen and oxygen atoms in total. The minimum atomic E-state index is -0.817. The van der Waals surface area contributed by atoms with Crippen molar-refractivity contribution in [2.75, 3.05) is 14.2 Å². The van der Waals surface area contributed by atoms with E-state index in [0.717, 1.165) is 33.4 Å². The van der Waals surface area contributed by atoms with E-state index in [1.807, 2.05) is 38.1 Å².